The van der Waals surface area contributed by atoms with E-state index in [1.807, 2.05) is 31.3 Å². The molecule has 0 fully saturated rings. The Kier molecular flexibility index (Phi) is 1.78. The van der Waals surface area contributed by atoms with E-state index in [4.69, 9.17) is 0 Å². The summed E-state index contributed by atoms with van der Waals surface area (Å²) in [7, 11) is 0. The molecule has 1 nitrogen and oxygen atoms in total. The van der Waals surface area contributed by atoms with E-state index in [1.54, 1.807) is 0 Å². The second kappa shape index (κ2) is 2.94. The van der Waals surface area contributed by atoms with Crippen LogP contribution in [0.25, 0.3) is 10.9 Å². The summed E-state index contributed by atoms with van der Waals surface area (Å²) in [5.74, 6) is 0. The highest BCUT2D eigenvalue weighted by Crippen LogP contribution is 2.13. The van der Waals surface area contributed by atoms with Crippen molar-refractivity contribution in [3.05, 3.63) is 48.5 Å². The average molecular weight is 156 g/mol. The molecular formula is C11H10N. The molecule has 0 saturated heterocycles. The maximum absolute atomic E-state index is 4.32. The summed E-state index contributed by atoms with van der Waals surface area (Å²) in [6.45, 7) is 2.02. The molecule has 1 heterocycles. The summed E-state index contributed by atoms with van der Waals surface area (Å²) in [6.07, 6.45) is 3.95. The number of hydrogen-bond donors (Lipinski definition) is 0. The molecule has 0 bridgehead atoms. The molecule has 0 unspecified atom stereocenters. The van der Waals surface area contributed by atoms with Crippen molar-refractivity contribution < 1.29 is 0 Å². The van der Waals surface area contributed by atoms with Crippen LogP contribution >= 0.6 is 0 Å². The Morgan fingerprint density at radius 3 is 2.92 bits per heavy atom. The quantitative estimate of drug-likeness (QED) is 0.618. The Bertz CT molecular complexity index is 393. The molecule has 0 N–H and O–H groups in total. The Labute approximate surface area is 72.1 Å². The number of nitrogens with zero attached hydrogens (tertiary/aromatic N) is 1. The summed E-state index contributed by atoms with van der Waals surface area (Å²) in [6, 6.07) is 10.3. The van der Waals surface area contributed by atoms with Gasteiger partial charge in [-0.05, 0) is 24.1 Å². The highest BCUT2D eigenvalue weighted by molar-refractivity contribution is 5.78. The van der Waals surface area contributed by atoms with Crippen LogP contribution in [0, 0.1) is 6.42 Å². The Morgan fingerprint density at radius 1 is 1.25 bits per heavy atom. The van der Waals surface area contributed by atoms with Crippen molar-refractivity contribution in [2.75, 3.05) is 0 Å². The fourth-order valence-corrected chi connectivity index (χ4v) is 1.25. The fourth-order valence-electron chi connectivity index (χ4n) is 1.25. The Balaban J connectivity index is 2.67. The number of aromatic nitrogens is 1. The van der Waals surface area contributed by atoms with Gasteiger partial charge < -0.3 is 0 Å². The van der Waals surface area contributed by atoms with E-state index in [1.165, 1.54) is 10.9 Å². The van der Waals surface area contributed by atoms with E-state index >= 15 is 0 Å². The number of benzene rings is 1. The topological polar surface area (TPSA) is 12.9 Å². The molecule has 0 aliphatic carbocycles. The monoisotopic (exact) mass is 156 g/mol. The van der Waals surface area contributed by atoms with Gasteiger partial charge in [0, 0.05) is 11.6 Å². The van der Waals surface area contributed by atoms with E-state index < -0.39 is 0 Å². The van der Waals surface area contributed by atoms with E-state index in [0.717, 1.165) is 5.52 Å². The van der Waals surface area contributed by atoms with Crippen molar-refractivity contribution in [2.45, 2.75) is 6.92 Å². The first kappa shape index (κ1) is 7.29. The molecule has 0 atom stereocenters. The van der Waals surface area contributed by atoms with Crippen LogP contribution in [-0.4, -0.2) is 4.98 Å². The summed E-state index contributed by atoms with van der Waals surface area (Å²) >= 11 is 0. The van der Waals surface area contributed by atoms with Gasteiger partial charge in [-0.3, -0.25) is 4.98 Å². The lowest BCUT2D eigenvalue weighted by Crippen LogP contribution is -1.82. The molecule has 0 aliphatic rings. The predicted molar refractivity (Wildman–Crippen MR) is 50.8 cm³/mol. The highest BCUT2D eigenvalue weighted by Gasteiger charge is 1.93. The van der Waals surface area contributed by atoms with Gasteiger partial charge in [0.05, 0.1) is 5.52 Å². The van der Waals surface area contributed by atoms with E-state index in [-0.39, 0.29) is 0 Å². The minimum absolute atomic E-state index is 1.06. The fraction of sp³-hybridized carbons (Fsp3) is 0.0909. The minimum Gasteiger partial charge on any atom is -0.256 e. The van der Waals surface area contributed by atoms with Crippen molar-refractivity contribution in [1.82, 2.24) is 4.98 Å². The number of fused-ring (bicyclic) bond motifs is 1. The Hall–Kier alpha value is -1.37. The molecule has 2 aromatic rings. The molecule has 0 saturated carbocycles. The molecule has 2 rings (SSSR count). The maximum Gasteiger partial charge on any atom is 0.0702 e. The average Bonchev–Trinajstić information content (AvgIpc) is 2.17. The number of pyridine rings is 1. The number of para-hydroxylation sites is 1. The van der Waals surface area contributed by atoms with Crippen LogP contribution < -0.4 is 0 Å². The number of rotatable bonds is 1. The predicted octanol–water partition coefficient (Wildman–Crippen LogP) is 2.81. The van der Waals surface area contributed by atoms with Gasteiger partial charge >= 0.3 is 0 Å². The molecule has 0 aliphatic heterocycles. The van der Waals surface area contributed by atoms with Crippen molar-refractivity contribution in [2.24, 2.45) is 0 Å². The zero-order valence-corrected chi connectivity index (χ0v) is 6.99. The van der Waals surface area contributed by atoms with Gasteiger partial charge in [-0.25, -0.2) is 0 Å². The van der Waals surface area contributed by atoms with E-state index in [2.05, 4.69) is 23.5 Å². The maximum atomic E-state index is 4.32. The third kappa shape index (κ3) is 1.18. The molecule has 12 heavy (non-hydrogen) atoms. The molecule has 1 aromatic heterocycles. The van der Waals surface area contributed by atoms with Crippen molar-refractivity contribution in [3.63, 3.8) is 0 Å². The van der Waals surface area contributed by atoms with Crippen LogP contribution in [0.15, 0.2) is 36.5 Å². The summed E-state index contributed by atoms with van der Waals surface area (Å²) in [4.78, 5) is 4.32. The van der Waals surface area contributed by atoms with Crippen LogP contribution in [0.1, 0.15) is 12.5 Å². The van der Waals surface area contributed by atoms with Crippen molar-refractivity contribution in [1.29, 1.82) is 0 Å². The van der Waals surface area contributed by atoms with Crippen LogP contribution in [0.3, 0.4) is 0 Å². The third-order valence-corrected chi connectivity index (χ3v) is 1.94. The zero-order valence-electron chi connectivity index (χ0n) is 6.99. The smallest absolute Gasteiger partial charge is 0.0702 e. The van der Waals surface area contributed by atoms with Crippen LogP contribution in [0.5, 0.6) is 0 Å². The standard InChI is InChI=1S/C11H10N/c1-2-9-7-10-5-3-4-6-11(10)12-8-9/h2-8H,1H3. The minimum atomic E-state index is 1.06. The van der Waals surface area contributed by atoms with Gasteiger partial charge in [0.15, 0.2) is 0 Å². The van der Waals surface area contributed by atoms with Gasteiger partial charge in [-0.15, -0.1) is 0 Å². The van der Waals surface area contributed by atoms with Gasteiger partial charge in [0.2, 0.25) is 0 Å². The zero-order chi connectivity index (χ0) is 8.39. The first-order valence-corrected chi connectivity index (χ1v) is 4.04. The molecule has 0 amide bonds. The summed E-state index contributed by atoms with van der Waals surface area (Å²) in [5, 5.41) is 1.20. The summed E-state index contributed by atoms with van der Waals surface area (Å²) < 4.78 is 0. The largest absolute Gasteiger partial charge is 0.256 e. The normalized spacial score (nSPS) is 10.4. The molecule has 1 radical (unpaired) electrons. The molecule has 59 valence electrons. The first-order chi connectivity index (χ1) is 5.90. The second-order valence-corrected chi connectivity index (χ2v) is 2.75. The molecular weight excluding hydrogens is 146 g/mol. The first-order valence-electron chi connectivity index (χ1n) is 4.04. The van der Waals surface area contributed by atoms with Gasteiger partial charge in [-0.2, -0.15) is 0 Å². The van der Waals surface area contributed by atoms with Crippen LogP contribution in [-0.2, 0) is 0 Å². The molecule has 1 aromatic carbocycles. The SMILES string of the molecule is C[CH]c1cnc2ccccc2c1. The molecule has 0 spiro atoms. The van der Waals surface area contributed by atoms with Crippen LogP contribution in [0.2, 0.25) is 0 Å². The summed E-state index contributed by atoms with van der Waals surface area (Å²) in [5.41, 5.74) is 2.23. The van der Waals surface area contributed by atoms with E-state index in [9.17, 15) is 0 Å². The third-order valence-electron chi connectivity index (χ3n) is 1.94. The second-order valence-electron chi connectivity index (χ2n) is 2.75. The Morgan fingerprint density at radius 2 is 2.08 bits per heavy atom. The van der Waals surface area contributed by atoms with Crippen molar-refractivity contribution >= 4 is 10.9 Å². The van der Waals surface area contributed by atoms with Gasteiger partial charge in [0.25, 0.3) is 0 Å². The highest BCUT2D eigenvalue weighted by atomic mass is 14.6. The molecule has 1 heteroatoms. The van der Waals surface area contributed by atoms with Crippen LogP contribution in [0.4, 0.5) is 0 Å². The van der Waals surface area contributed by atoms with Crippen molar-refractivity contribution in [3.8, 4) is 0 Å². The lowest BCUT2D eigenvalue weighted by Gasteiger charge is -1.98. The number of hydrogen-bond acceptors (Lipinski definition) is 1. The van der Waals surface area contributed by atoms with Gasteiger partial charge in [0.1, 0.15) is 0 Å². The van der Waals surface area contributed by atoms with E-state index in [0.29, 0.717) is 0 Å². The lowest BCUT2D eigenvalue weighted by atomic mass is 10.1. The van der Waals surface area contributed by atoms with Gasteiger partial charge in [-0.1, -0.05) is 25.1 Å². The lowest BCUT2D eigenvalue weighted by molar-refractivity contribution is 1.32.